The first-order valence-electron chi connectivity index (χ1n) is 5.03. The molecule has 1 aromatic carbocycles. The highest BCUT2D eigenvalue weighted by Gasteiger charge is 2.18. The minimum atomic E-state index is -1.47. The molecule has 19 heavy (non-hydrogen) atoms. The third kappa shape index (κ3) is 2.47. The predicted octanol–water partition coefficient (Wildman–Crippen LogP) is 1.98. The second kappa shape index (κ2) is 5.10. The van der Waals surface area contributed by atoms with Crippen LogP contribution in [0, 0.1) is 17.1 Å². The van der Waals surface area contributed by atoms with Crippen molar-refractivity contribution >= 4 is 5.97 Å². The van der Waals surface area contributed by atoms with E-state index in [9.17, 15) is 9.18 Å². The topological polar surface area (TPSA) is 96.1 Å². The maximum absolute atomic E-state index is 13.4. The lowest BCUT2D eigenvalue weighted by Gasteiger charge is -2.08. The number of hydrogen-bond acceptors (Lipinski definition) is 5. The lowest BCUT2D eigenvalue weighted by Crippen LogP contribution is -2.04. The summed E-state index contributed by atoms with van der Waals surface area (Å²) in [5.41, 5.74) is -0.604. The van der Waals surface area contributed by atoms with Crippen LogP contribution in [0.25, 0.3) is 0 Å². The summed E-state index contributed by atoms with van der Waals surface area (Å²) >= 11 is 0. The van der Waals surface area contributed by atoms with Crippen molar-refractivity contribution < 1.29 is 19.0 Å². The number of hydrogen-bond donors (Lipinski definition) is 1. The molecule has 0 fully saturated rings. The number of ether oxygens (including phenoxy) is 1. The molecule has 0 atom stereocenters. The fraction of sp³-hybridized carbons (Fsp3) is 0. The summed E-state index contributed by atoms with van der Waals surface area (Å²) < 4.78 is 18.6. The summed E-state index contributed by atoms with van der Waals surface area (Å²) in [5.74, 6) is -2.77. The summed E-state index contributed by atoms with van der Waals surface area (Å²) in [6.45, 7) is 0. The van der Waals surface area contributed by atoms with Crippen LogP contribution in [-0.4, -0.2) is 21.0 Å². The molecule has 0 spiro atoms. The number of benzene rings is 1. The number of carbonyl (C=O) groups is 1. The smallest absolute Gasteiger partial charge is 0.342 e. The van der Waals surface area contributed by atoms with Crippen molar-refractivity contribution in [3.8, 4) is 17.7 Å². The number of aromatic carboxylic acids is 1. The van der Waals surface area contributed by atoms with Gasteiger partial charge < -0.3 is 9.84 Å². The van der Waals surface area contributed by atoms with Crippen LogP contribution in [0.5, 0.6) is 11.6 Å². The van der Waals surface area contributed by atoms with Crippen LogP contribution in [0.2, 0.25) is 0 Å². The Labute approximate surface area is 106 Å². The van der Waals surface area contributed by atoms with Crippen LogP contribution in [0.3, 0.4) is 0 Å². The summed E-state index contributed by atoms with van der Waals surface area (Å²) in [6, 6.07) is 5.36. The van der Waals surface area contributed by atoms with Crippen LogP contribution in [0.4, 0.5) is 4.39 Å². The van der Waals surface area contributed by atoms with E-state index in [1.807, 2.05) is 0 Å². The van der Waals surface area contributed by atoms with E-state index in [4.69, 9.17) is 15.1 Å². The average Bonchev–Trinajstić information content (AvgIpc) is 2.39. The zero-order valence-corrected chi connectivity index (χ0v) is 9.37. The van der Waals surface area contributed by atoms with Gasteiger partial charge in [0.05, 0.1) is 6.20 Å². The van der Waals surface area contributed by atoms with Gasteiger partial charge in [-0.3, -0.25) is 0 Å². The van der Waals surface area contributed by atoms with E-state index in [0.29, 0.717) is 0 Å². The van der Waals surface area contributed by atoms with Crippen LogP contribution in [-0.2, 0) is 0 Å². The zero-order valence-electron chi connectivity index (χ0n) is 9.37. The molecule has 6 nitrogen and oxygen atoms in total. The van der Waals surface area contributed by atoms with Crippen molar-refractivity contribution in [2.45, 2.75) is 0 Å². The number of nitrogens with zero attached hydrogens (tertiary/aromatic N) is 3. The Morgan fingerprint density at radius 3 is 2.95 bits per heavy atom. The summed E-state index contributed by atoms with van der Waals surface area (Å²) in [5, 5.41) is 17.8. The van der Waals surface area contributed by atoms with Crippen molar-refractivity contribution in [3.05, 3.63) is 47.7 Å². The van der Waals surface area contributed by atoms with Gasteiger partial charge in [0.1, 0.15) is 35.1 Å². The zero-order chi connectivity index (χ0) is 13.8. The molecule has 1 N–H and O–H groups in total. The number of nitriles is 1. The maximum atomic E-state index is 13.4. The lowest BCUT2D eigenvalue weighted by molar-refractivity contribution is 0.0689. The minimum Gasteiger partial charge on any atom is -0.477 e. The van der Waals surface area contributed by atoms with Gasteiger partial charge in [-0.05, 0) is 12.1 Å². The number of halogens is 1. The third-order valence-electron chi connectivity index (χ3n) is 2.19. The molecule has 7 heteroatoms. The molecular formula is C12H6FN3O3. The lowest BCUT2D eigenvalue weighted by atomic mass is 10.2. The van der Waals surface area contributed by atoms with Crippen molar-refractivity contribution in [1.29, 1.82) is 5.26 Å². The molecule has 0 saturated heterocycles. The van der Waals surface area contributed by atoms with Gasteiger partial charge in [-0.2, -0.15) is 5.26 Å². The highest BCUT2D eigenvalue weighted by Crippen LogP contribution is 2.27. The number of rotatable bonds is 3. The maximum Gasteiger partial charge on any atom is 0.342 e. The Balaban J connectivity index is 2.48. The van der Waals surface area contributed by atoms with Crippen molar-refractivity contribution in [2.24, 2.45) is 0 Å². The monoisotopic (exact) mass is 259 g/mol. The second-order valence-electron chi connectivity index (χ2n) is 3.37. The van der Waals surface area contributed by atoms with Crippen LogP contribution >= 0.6 is 0 Å². The van der Waals surface area contributed by atoms with Gasteiger partial charge >= 0.3 is 5.97 Å². The number of carboxylic acids is 1. The van der Waals surface area contributed by atoms with Gasteiger partial charge in [0.15, 0.2) is 0 Å². The molecule has 94 valence electrons. The molecule has 0 radical (unpaired) electrons. The van der Waals surface area contributed by atoms with Crippen LogP contribution in [0.15, 0.2) is 30.7 Å². The second-order valence-corrected chi connectivity index (χ2v) is 3.37. The van der Waals surface area contributed by atoms with E-state index in [1.54, 1.807) is 6.07 Å². The van der Waals surface area contributed by atoms with E-state index in [2.05, 4.69) is 9.97 Å². The van der Waals surface area contributed by atoms with Crippen molar-refractivity contribution in [3.63, 3.8) is 0 Å². The first kappa shape index (κ1) is 12.4. The largest absolute Gasteiger partial charge is 0.477 e. The molecule has 0 aliphatic rings. The van der Waals surface area contributed by atoms with E-state index < -0.39 is 17.3 Å². The highest BCUT2D eigenvalue weighted by atomic mass is 19.1. The molecular weight excluding hydrogens is 253 g/mol. The fourth-order valence-corrected chi connectivity index (χ4v) is 1.38. The molecule has 0 amide bonds. The Kier molecular flexibility index (Phi) is 3.34. The van der Waals surface area contributed by atoms with Gasteiger partial charge in [0.25, 0.3) is 0 Å². The SMILES string of the molecule is N#Cc1cncnc1Oc1cccc(F)c1C(=O)O. The van der Waals surface area contributed by atoms with Gasteiger partial charge in [-0.1, -0.05) is 6.07 Å². The quantitative estimate of drug-likeness (QED) is 0.905. The van der Waals surface area contributed by atoms with Crippen LogP contribution in [0.1, 0.15) is 15.9 Å². The first-order valence-corrected chi connectivity index (χ1v) is 5.03. The van der Waals surface area contributed by atoms with Gasteiger partial charge in [0, 0.05) is 0 Å². The summed E-state index contributed by atoms with van der Waals surface area (Å²) in [4.78, 5) is 18.3. The van der Waals surface area contributed by atoms with E-state index in [-0.39, 0.29) is 17.2 Å². The van der Waals surface area contributed by atoms with E-state index >= 15 is 0 Å². The van der Waals surface area contributed by atoms with Crippen molar-refractivity contribution in [2.75, 3.05) is 0 Å². The van der Waals surface area contributed by atoms with Gasteiger partial charge in [0.2, 0.25) is 5.88 Å². The summed E-state index contributed by atoms with van der Waals surface area (Å²) in [6.07, 6.45) is 2.35. The average molecular weight is 259 g/mol. The molecule has 0 aliphatic heterocycles. The van der Waals surface area contributed by atoms with Gasteiger partial charge in [-0.15, -0.1) is 0 Å². The molecule has 1 aromatic heterocycles. The van der Waals surface area contributed by atoms with Crippen molar-refractivity contribution in [1.82, 2.24) is 9.97 Å². The number of aromatic nitrogens is 2. The van der Waals surface area contributed by atoms with E-state index in [1.165, 1.54) is 18.3 Å². The van der Waals surface area contributed by atoms with Crippen LogP contribution < -0.4 is 4.74 Å². The Bertz CT molecular complexity index is 682. The molecule has 0 aliphatic carbocycles. The fourth-order valence-electron chi connectivity index (χ4n) is 1.38. The highest BCUT2D eigenvalue weighted by molar-refractivity contribution is 5.91. The molecule has 0 bridgehead atoms. The Morgan fingerprint density at radius 2 is 2.26 bits per heavy atom. The number of carboxylic acid groups (broad SMARTS) is 1. The Hall–Kier alpha value is -3.01. The molecule has 2 aromatic rings. The third-order valence-corrected chi connectivity index (χ3v) is 2.19. The van der Waals surface area contributed by atoms with Gasteiger partial charge in [-0.25, -0.2) is 19.2 Å². The first-order chi connectivity index (χ1) is 9.13. The standard InChI is InChI=1S/C12H6FN3O3/c13-8-2-1-3-9(10(8)12(17)18)19-11-7(4-14)5-15-6-16-11/h1-3,5-6H,(H,17,18). The molecule has 0 saturated carbocycles. The molecule has 0 unspecified atom stereocenters. The predicted molar refractivity (Wildman–Crippen MR) is 60.2 cm³/mol. The molecule has 2 rings (SSSR count). The summed E-state index contributed by atoms with van der Waals surface area (Å²) in [7, 11) is 0. The van der Waals surface area contributed by atoms with E-state index in [0.717, 1.165) is 12.4 Å². The molecule has 1 heterocycles. The normalized spacial score (nSPS) is 9.68. The minimum absolute atomic E-state index is 0.0168. The Morgan fingerprint density at radius 1 is 1.47 bits per heavy atom.